The summed E-state index contributed by atoms with van der Waals surface area (Å²) in [5.74, 6) is 0.561. The summed E-state index contributed by atoms with van der Waals surface area (Å²) in [5.41, 5.74) is 6.17. The van der Waals surface area contributed by atoms with Crippen molar-refractivity contribution in [2.24, 2.45) is 0 Å². The Morgan fingerprint density at radius 1 is 1.17 bits per heavy atom. The molecular formula is C12H7Cl2N3O. The van der Waals surface area contributed by atoms with E-state index in [1.807, 2.05) is 6.07 Å². The fourth-order valence-corrected chi connectivity index (χ4v) is 1.83. The van der Waals surface area contributed by atoms with Crippen LogP contribution in [0, 0.1) is 11.3 Å². The first-order valence-corrected chi connectivity index (χ1v) is 5.63. The summed E-state index contributed by atoms with van der Waals surface area (Å²) < 4.78 is 5.46. The molecule has 0 fully saturated rings. The highest BCUT2D eigenvalue weighted by molar-refractivity contribution is 6.34. The fourth-order valence-electron chi connectivity index (χ4n) is 1.33. The maximum atomic E-state index is 8.95. The molecule has 0 amide bonds. The Morgan fingerprint density at radius 3 is 2.44 bits per heavy atom. The van der Waals surface area contributed by atoms with Gasteiger partial charge in [-0.05, 0) is 24.3 Å². The zero-order chi connectivity index (χ0) is 13.1. The van der Waals surface area contributed by atoms with E-state index in [-0.39, 0.29) is 11.4 Å². The molecule has 1 heterocycles. The van der Waals surface area contributed by atoms with E-state index < -0.39 is 0 Å². The number of ether oxygens (including phenoxy) is 1. The number of nitrogens with two attached hydrogens (primary N) is 1. The molecule has 0 bridgehead atoms. The summed E-state index contributed by atoms with van der Waals surface area (Å²) in [6, 6.07) is 8.17. The topological polar surface area (TPSA) is 71.9 Å². The highest BCUT2D eigenvalue weighted by Gasteiger charge is 2.08. The van der Waals surface area contributed by atoms with Gasteiger partial charge in [-0.1, -0.05) is 23.2 Å². The average Bonchev–Trinajstić information content (AvgIpc) is 2.30. The van der Waals surface area contributed by atoms with Gasteiger partial charge in [0.1, 0.15) is 17.4 Å². The lowest BCUT2D eigenvalue weighted by atomic mass is 10.3. The van der Waals surface area contributed by atoms with Crippen LogP contribution in [-0.2, 0) is 0 Å². The van der Waals surface area contributed by atoms with Gasteiger partial charge < -0.3 is 10.5 Å². The van der Waals surface area contributed by atoms with Crippen LogP contribution in [0.3, 0.4) is 0 Å². The van der Waals surface area contributed by atoms with Gasteiger partial charge in [-0.25, -0.2) is 4.98 Å². The van der Waals surface area contributed by atoms with E-state index in [1.165, 1.54) is 12.3 Å². The Hall–Kier alpha value is -1.96. The van der Waals surface area contributed by atoms with Crippen molar-refractivity contribution in [3.05, 3.63) is 46.1 Å². The average molecular weight is 280 g/mol. The maximum Gasteiger partial charge on any atom is 0.237 e. The molecule has 0 unspecified atom stereocenters. The van der Waals surface area contributed by atoms with Gasteiger partial charge in [0, 0.05) is 10.0 Å². The number of nitrogen functional groups attached to an aromatic ring is 1. The Labute approximate surface area is 114 Å². The molecule has 90 valence electrons. The van der Waals surface area contributed by atoms with E-state index in [0.717, 1.165) is 0 Å². The molecule has 0 atom stereocenters. The molecule has 1 aromatic carbocycles. The first-order chi connectivity index (χ1) is 8.58. The lowest BCUT2D eigenvalue weighted by molar-refractivity contribution is 0.461. The predicted molar refractivity (Wildman–Crippen MR) is 69.9 cm³/mol. The quantitative estimate of drug-likeness (QED) is 0.911. The van der Waals surface area contributed by atoms with Crippen LogP contribution in [0.15, 0.2) is 30.5 Å². The molecule has 0 spiro atoms. The fraction of sp³-hybridized carbons (Fsp3) is 0. The van der Waals surface area contributed by atoms with E-state index in [0.29, 0.717) is 21.5 Å². The highest BCUT2D eigenvalue weighted by atomic mass is 35.5. The van der Waals surface area contributed by atoms with Gasteiger partial charge in [-0.3, -0.25) is 0 Å². The van der Waals surface area contributed by atoms with Crippen LogP contribution in [0.1, 0.15) is 5.56 Å². The Morgan fingerprint density at radius 2 is 1.83 bits per heavy atom. The Balaban J connectivity index is 2.37. The van der Waals surface area contributed by atoms with Gasteiger partial charge >= 0.3 is 0 Å². The molecule has 0 saturated carbocycles. The van der Waals surface area contributed by atoms with Crippen molar-refractivity contribution in [2.45, 2.75) is 0 Å². The van der Waals surface area contributed by atoms with Crippen molar-refractivity contribution in [1.82, 2.24) is 4.98 Å². The largest absolute Gasteiger partial charge is 0.438 e. The van der Waals surface area contributed by atoms with E-state index in [2.05, 4.69) is 4.98 Å². The second-order valence-electron chi connectivity index (χ2n) is 3.44. The van der Waals surface area contributed by atoms with Crippen LogP contribution >= 0.6 is 23.2 Å². The zero-order valence-corrected chi connectivity index (χ0v) is 10.5. The minimum absolute atomic E-state index is 0.157. The second-order valence-corrected chi connectivity index (χ2v) is 4.31. The number of benzene rings is 1. The molecule has 18 heavy (non-hydrogen) atoms. The lowest BCUT2D eigenvalue weighted by Crippen LogP contribution is -1.94. The van der Waals surface area contributed by atoms with Crippen LogP contribution in [0.25, 0.3) is 0 Å². The molecule has 0 aliphatic carbocycles. The van der Waals surface area contributed by atoms with E-state index in [1.54, 1.807) is 18.2 Å². The van der Waals surface area contributed by atoms with E-state index >= 15 is 0 Å². The van der Waals surface area contributed by atoms with Crippen molar-refractivity contribution in [3.8, 4) is 17.7 Å². The first kappa shape index (κ1) is 12.5. The predicted octanol–water partition coefficient (Wildman–Crippen LogP) is 3.63. The normalized spacial score (nSPS) is 9.83. The lowest BCUT2D eigenvalue weighted by Gasteiger charge is -2.07. The number of hydrogen-bond donors (Lipinski definition) is 1. The molecule has 2 rings (SSSR count). The maximum absolute atomic E-state index is 8.95. The van der Waals surface area contributed by atoms with Crippen LogP contribution in [0.5, 0.6) is 11.6 Å². The number of pyridine rings is 1. The molecule has 6 heteroatoms. The Bertz CT molecular complexity index is 617. The zero-order valence-electron chi connectivity index (χ0n) is 9.02. The number of hydrogen-bond acceptors (Lipinski definition) is 4. The number of halogens is 2. The highest BCUT2D eigenvalue weighted by Crippen LogP contribution is 2.29. The molecule has 0 aliphatic heterocycles. The van der Waals surface area contributed by atoms with Crippen molar-refractivity contribution in [2.75, 3.05) is 5.73 Å². The summed E-state index contributed by atoms with van der Waals surface area (Å²) in [5, 5.41) is 9.83. The van der Waals surface area contributed by atoms with Crippen molar-refractivity contribution >= 4 is 28.9 Å². The minimum atomic E-state index is 0.157. The molecule has 1 aromatic heterocycles. The Kier molecular flexibility index (Phi) is 3.56. The summed E-state index contributed by atoms with van der Waals surface area (Å²) in [6.07, 6.45) is 1.41. The van der Waals surface area contributed by atoms with Crippen molar-refractivity contribution < 1.29 is 4.74 Å². The molecule has 2 N–H and O–H groups in total. The SMILES string of the molecule is N#Cc1cc(N)cnc1Oc1cc(Cl)cc(Cl)c1. The van der Waals surface area contributed by atoms with Gasteiger partial charge in [0.05, 0.1) is 11.9 Å². The van der Waals surface area contributed by atoms with Gasteiger partial charge in [-0.15, -0.1) is 0 Å². The third kappa shape index (κ3) is 2.83. The molecule has 0 saturated heterocycles. The third-order valence-corrected chi connectivity index (χ3v) is 2.48. The molecule has 0 radical (unpaired) electrons. The number of anilines is 1. The van der Waals surface area contributed by atoms with Crippen LogP contribution in [0.4, 0.5) is 5.69 Å². The summed E-state index contributed by atoms with van der Waals surface area (Å²) in [6.45, 7) is 0. The van der Waals surface area contributed by atoms with Crippen molar-refractivity contribution in [3.63, 3.8) is 0 Å². The third-order valence-electron chi connectivity index (χ3n) is 2.04. The number of nitrogens with zero attached hydrogens (tertiary/aromatic N) is 2. The number of aromatic nitrogens is 1. The van der Waals surface area contributed by atoms with Crippen LogP contribution in [-0.4, -0.2) is 4.98 Å². The van der Waals surface area contributed by atoms with Gasteiger partial charge in [0.25, 0.3) is 0 Å². The summed E-state index contributed by atoms with van der Waals surface area (Å²) in [4.78, 5) is 3.95. The summed E-state index contributed by atoms with van der Waals surface area (Å²) in [7, 11) is 0. The van der Waals surface area contributed by atoms with Crippen LogP contribution in [0.2, 0.25) is 10.0 Å². The standard InChI is InChI=1S/C12H7Cl2N3O/c13-8-2-9(14)4-11(3-8)18-12-7(5-15)1-10(16)6-17-12/h1-4,6H,16H2. The minimum Gasteiger partial charge on any atom is -0.438 e. The number of nitriles is 1. The molecular weight excluding hydrogens is 273 g/mol. The molecule has 2 aromatic rings. The van der Waals surface area contributed by atoms with Crippen LogP contribution < -0.4 is 10.5 Å². The van der Waals surface area contributed by atoms with Gasteiger partial charge in [0.2, 0.25) is 5.88 Å². The monoisotopic (exact) mass is 279 g/mol. The second kappa shape index (κ2) is 5.13. The smallest absolute Gasteiger partial charge is 0.237 e. The van der Waals surface area contributed by atoms with E-state index in [4.69, 9.17) is 38.9 Å². The van der Waals surface area contributed by atoms with Gasteiger partial charge in [0.15, 0.2) is 0 Å². The molecule has 4 nitrogen and oxygen atoms in total. The first-order valence-electron chi connectivity index (χ1n) is 4.88. The van der Waals surface area contributed by atoms with Crippen molar-refractivity contribution in [1.29, 1.82) is 5.26 Å². The van der Waals surface area contributed by atoms with Gasteiger partial charge in [-0.2, -0.15) is 5.26 Å². The molecule has 0 aliphatic rings. The summed E-state index contributed by atoms with van der Waals surface area (Å²) >= 11 is 11.7. The van der Waals surface area contributed by atoms with E-state index in [9.17, 15) is 0 Å². The number of rotatable bonds is 2.